The third-order valence-corrected chi connectivity index (χ3v) is 5.04. The Morgan fingerprint density at radius 3 is 2.19 bits per heavy atom. The summed E-state index contributed by atoms with van der Waals surface area (Å²) in [7, 11) is 0. The lowest BCUT2D eigenvalue weighted by atomic mass is 9.82. The molecule has 1 amide bonds. The fraction of sp³-hybridized carbons (Fsp3) is 0.652. The summed E-state index contributed by atoms with van der Waals surface area (Å²) in [6.45, 7) is 8.36. The highest BCUT2D eigenvalue weighted by molar-refractivity contribution is 6.01. The molecule has 0 fully saturated rings. The molecule has 4 heteroatoms. The van der Waals surface area contributed by atoms with Gasteiger partial charge in [-0.2, -0.15) is 0 Å². The first kappa shape index (κ1) is 23.2. The number of amides is 1. The van der Waals surface area contributed by atoms with E-state index >= 15 is 0 Å². The molecule has 0 radical (unpaired) electrons. The van der Waals surface area contributed by atoms with E-state index in [-0.39, 0.29) is 29.6 Å². The minimum absolute atomic E-state index is 0.0238. The van der Waals surface area contributed by atoms with E-state index in [1.54, 1.807) is 12.1 Å². The topological polar surface area (TPSA) is 72.2 Å². The second-order valence-corrected chi connectivity index (χ2v) is 8.57. The fourth-order valence-electron chi connectivity index (χ4n) is 3.13. The Labute approximate surface area is 165 Å². The zero-order chi connectivity index (χ0) is 20.3. The van der Waals surface area contributed by atoms with Crippen molar-refractivity contribution in [1.29, 1.82) is 0 Å². The van der Waals surface area contributed by atoms with Gasteiger partial charge in [-0.1, -0.05) is 78.4 Å². The number of nitrogen functional groups attached to an aromatic ring is 1. The lowest BCUT2D eigenvalue weighted by Crippen LogP contribution is -2.45. The van der Waals surface area contributed by atoms with Gasteiger partial charge in [0, 0.05) is 30.1 Å². The quantitative estimate of drug-likeness (QED) is 0.288. The van der Waals surface area contributed by atoms with Gasteiger partial charge in [0.2, 0.25) is 5.91 Å². The van der Waals surface area contributed by atoms with Crippen LogP contribution in [-0.2, 0) is 4.79 Å². The van der Waals surface area contributed by atoms with E-state index in [9.17, 15) is 9.59 Å². The maximum Gasteiger partial charge on any atom is 0.220 e. The maximum absolute atomic E-state index is 12.7. The lowest BCUT2D eigenvalue weighted by Gasteiger charge is -2.31. The van der Waals surface area contributed by atoms with Crippen LogP contribution in [0.2, 0.25) is 0 Å². The molecule has 0 saturated heterocycles. The van der Waals surface area contributed by atoms with Gasteiger partial charge in [0.05, 0.1) is 0 Å². The first-order chi connectivity index (χ1) is 12.8. The molecule has 0 spiro atoms. The van der Waals surface area contributed by atoms with Crippen LogP contribution in [0.15, 0.2) is 24.3 Å². The first-order valence-electron chi connectivity index (χ1n) is 10.4. The average molecular weight is 375 g/mol. The number of Topliss-reactive ketones (excluding diaryl/α,β-unsaturated/α-hetero) is 1. The summed E-state index contributed by atoms with van der Waals surface area (Å²) in [5, 5.41) is 3.09. The number of unbranched alkanes of at least 4 members (excludes halogenated alkanes) is 6. The number of para-hydroxylation sites is 1. The van der Waals surface area contributed by atoms with Gasteiger partial charge in [-0.3, -0.25) is 9.59 Å². The highest BCUT2D eigenvalue weighted by atomic mass is 16.2. The van der Waals surface area contributed by atoms with E-state index in [1.807, 2.05) is 32.9 Å². The molecule has 1 atom stereocenters. The Morgan fingerprint density at radius 2 is 1.59 bits per heavy atom. The fourth-order valence-corrected chi connectivity index (χ4v) is 3.13. The van der Waals surface area contributed by atoms with E-state index in [0.29, 0.717) is 17.7 Å². The van der Waals surface area contributed by atoms with Gasteiger partial charge < -0.3 is 11.1 Å². The van der Waals surface area contributed by atoms with Crippen molar-refractivity contribution >= 4 is 17.4 Å². The van der Waals surface area contributed by atoms with Crippen LogP contribution in [0.25, 0.3) is 0 Å². The number of nitrogens with two attached hydrogens (primary N) is 1. The summed E-state index contributed by atoms with van der Waals surface area (Å²) in [6.07, 6.45) is 9.10. The number of carbonyl (C=O) groups is 2. The Kier molecular flexibility index (Phi) is 10.1. The number of anilines is 1. The van der Waals surface area contributed by atoms with Crippen molar-refractivity contribution in [1.82, 2.24) is 5.32 Å². The number of rotatable bonds is 12. The predicted octanol–water partition coefficient (Wildman–Crippen LogP) is 5.51. The zero-order valence-electron chi connectivity index (χ0n) is 17.6. The number of carbonyl (C=O) groups excluding carboxylic acids is 2. The molecule has 0 aliphatic carbocycles. The minimum atomic E-state index is -0.207. The second-order valence-electron chi connectivity index (χ2n) is 8.57. The second kappa shape index (κ2) is 11.8. The van der Waals surface area contributed by atoms with Crippen molar-refractivity contribution in [3.63, 3.8) is 0 Å². The Hall–Kier alpha value is -1.84. The van der Waals surface area contributed by atoms with Gasteiger partial charge in [0.1, 0.15) is 0 Å². The van der Waals surface area contributed by atoms with Crippen molar-refractivity contribution in [3.05, 3.63) is 29.8 Å². The summed E-state index contributed by atoms with van der Waals surface area (Å²) < 4.78 is 0. The van der Waals surface area contributed by atoms with Crippen molar-refractivity contribution in [2.24, 2.45) is 5.41 Å². The molecule has 1 rings (SSSR count). The predicted molar refractivity (Wildman–Crippen MR) is 114 cm³/mol. The normalized spacial score (nSPS) is 12.6. The molecule has 27 heavy (non-hydrogen) atoms. The third kappa shape index (κ3) is 9.07. The lowest BCUT2D eigenvalue weighted by molar-refractivity contribution is -0.122. The van der Waals surface area contributed by atoms with Gasteiger partial charge in [-0.05, 0) is 24.0 Å². The summed E-state index contributed by atoms with van der Waals surface area (Å²) in [4.78, 5) is 25.0. The molecule has 0 saturated carbocycles. The first-order valence-corrected chi connectivity index (χ1v) is 10.4. The molecule has 1 aromatic carbocycles. The molecule has 152 valence electrons. The summed E-state index contributed by atoms with van der Waals surface area (Å²) >= 11 is 0. The van der Waals surface area contributed by atoms with E-state index in [0.717, 1.165) is 12.8 Å². The third-order valence-electron chi connectivity index (χ3n) is 5.04. The van der Waals surface area contributed by atoms with Gasteiger partial charge in [-0.15, -0.1) is 0 Å². The molecule has 0 bridgehead atoms. The zero-order valence-corrected chi connectivity index (χ0v) is 17.6. The molecular formula is C23H38N2O2. The minimum Gasteiger partial charge on any atom is -0.398 e. The van der Waals surface area contributed by atoms with Gasteiger partial charge in [-0.25, -0.2) is 0 Å². The maximum atomic E-state index is 12.7. The molecule has 4 nitrogen and oxygen atoms in total. The van der Waals surface area contributed by atoms with Gasteiger partial charge in [0.25, 0.3) is 0 Å². The number of ketones is 1. The number of hydrogen-bond donors (Lipinski definition) is 2. The summed E-state index contributed by atoms with van der Waals surface area (Å²) in [5.41, 5.74) is 6.75. The highest BCUT2D eigenvalue weighted by Crippen LogP contribution is 2.25. The van der Waals surface area contributed by atoms with E-state index in [1.165, 1.54) is 32.1 Å². The van der Waals surface area contributed by atoms with E-state index in [2.05, 4.69) is 12.2 Å². The van der Waals surface area contributed by atoms with Crippen LogP contribution < -0.4 is 11.1 Å². The molecule has 0 unspecified atom stereocenters. The van der Waals surface area contributed by atoms with Crippen LogP contribution >= 0.6 is 0 Å². The Balaban J connectivity index is 2.49. The number of benzene rings is 1. The van der Waals surface area contributed by atoms with Gasteiger partial charge in [0.15, 0.2) is 5.78 Å². The summed E-state index contributed by atoms with van der Waals surface area (Å²) in [6, 6.07) is 6.91. The molecule has 0 aromatic heterocycles. The Bertz CT molecular complexity index is 590. The van der Waals surface area contributed by atoms with Crippen LogP contribution in [0.1, 0.15) is 95.8 Å². The molecule has 1 aromatic rings. The van der Waals surface area contributed by atoms with Crippen LogP contribution in [0, 0.1) is 5.41 Å². The summed E-state index contributed by atoms with van der Waals surface area (Å²) in [5.74, 6) is 0.0153. The van der Waals surface area contributed by atoms with Crippen LogP contribution in [0.5, 0.6) is 0 Å². The van der Waals surface area contributed by atoms with Gasteiger partial charge >= 0.3 is 0 Å². The van der Waals surface area contributed by atoms with Crippen molar-refractivity contribution in [3.8, 4) is 0 Å². The smallest absolute Gasteiger partial charge is 0.220 e. The molecule has 0 heterocycles. The highest BCUT2D eigenvalue weighted by Gasteiger charge is 2.29. The van der Waals surface area contributed by atoms with Crippen LogP contribution in [-0.4, -0.2) is 17.7 Å². The standard InChI is InChI=1S/C23H38N2O2/c1-5-6-7-8-9-10-11-16-22(27)25-21(23(2,3)4)17-20(26)18-14-12-13-15-19(18)24/h12-15,21H,5-11,16-17,24H2,1-4H3,(H,25,27)/t21-/m0/s1. The Morgan fingerprint density at radius 1 is 1.00 bits per heavy atom. The number of hydrogen-bond acceptors (Lipinski definition) is 3. The van der Waals surface area contributed by atoms with Crippen LogP contribution in [0.3, 0.4) is 0 Å². The average Bonchev–Trinajstić information content (AvgIpc) is 2.60. The number of nitrogens with one attached hydrogen (secondary N) is 1. The van der Waals surface area contributed by atoms with Crippen molar-refractivity contribution < 1.29 is 9.59 Å². The monoisotopic (exact) mass is 374 g/mol. The molecule has 0 aliphatic heterocycles. The van der Waals surface area contributed by atoms with E-state index in [4.69, 9.17) is 5.73 Å². The molecular weight excluding hydrogens is 336 g/mol. The SMILES string of the molecule is CCCCCCCCCC(=O)N[C@@H](CC(=O)c1ccccc1N)C(C)(C)C. The van der Waals surface area contributed by atoms with Crippen molar-refractivity contribution in [2.75, 3.05) is 5.73 Å². The molecule has 0 aliphatic rings. The van der Waals surface area contributed by atoms with Crippen LogP contribution in [0.4, 0.5) is 5.69 Å². The van der Waals surface area contributed by atoms with Crippen molar-refractivity contribution in [2.45, 2.75) is 91.5 Å². The van der Waals surface area contributed by atoms with E-state index < -0.39 is 0 Å². The largest absolute Gasteiger partial charge is 0.398 e. The molecule has 3 N–H and O–H groups in total.